The van der Waals surface area contributed by atoms with Crippen molar-refractivity contribution in [1.82, 2.24) is 4.98 Å². The number of hydrogen-bond donors (Lipinski definition) is 0. The van der Waals surface area contributed by atoms with Crippen LogP contribution in [0.4, 0.5) is 5.13 Å². The molecule has 1 unspecified atom stereocenters. The zero-order valence-electron chi connectivity index (χ0n) is 7.36. The SMILES string of the molecule is COC1CCN(c2nc(Br)cs2)C1. The molecule has 1 aliphatic rings. The van der Waals surface area contributed by atoms with Crippen LogP contribution in [-0.4, -0.2) is 31.3 Å². The zero-order chi connectivity index (χ0) is 9.26. The maximum Gasteiger partial charge on any atom is 0.186 e. The van der Waals surface area contributed by atoms with Crippen molar-refractivity contribution in [2.24, 2.45) is 0 Å². The van der Waals surface area contributed by atoms with Crippen molar-refractivity contribution in [2.45, 2.75) is 12.5 Å². The third-order valence-electron chi connectivity index (χ3n) is 2.21. The highest BCUT2D eigenvalue weighted by atomic mass is 79.9. The molecule has 72 valence electrons. The number of halogens is 1. The van der Waals surface area contributed by atoms with E-state index in [1.54, 1.807) is 18.4 Å². The number of nitrogens with zero attached hydrogens (tertiary/aromatic N) is 2. The molecular formula is C8H11BrN2OS. The monoisotopic (exact) mass is 262 g/mol. The van der Waals surface area contributed by atoms with E-state index >= 15 is 0 Å². The summed E-state index contributed by atoms with van der Waals surface area (Å²) in [7, 11) is 1.77. The average Bonchev–Trinajstić information content (AvgIpc) is 2.71. The summed E-state index contributed by atoms with van der Waals surface area (Å²) < 4.78 is 6.22. The highest BCUT2D eigenvalue weighted by Gasteiger charge is 2.23. The quantitative estimate of drug-likeness (QED) is 0.817. The van der Waals surface area contributed by atoms with Gasteiger partial charge in [0.25, 0.3) is 0 Å². The lowest BCUT2D eigenvalue weighted by Crippen LogP contribution is -2.21. The lowest BCUT2D eigenvalue weighted by Gasteiger charge is -2.13. The van der Waals surface area contributed by atoms with Crippen molar-refractivity contribution in [3.63, 3.8) is 0 Å². The second-order valence-corrected chi connectivity index (χ2v) is 4.69. The van der Waals surface area contributed by atoms with Gasteiger partial charge in [-0.25, -0.2) is 4.98 Å². The summed E-state index contributed by atoms with van der Waals surface area (Å²) in [6.45, 7) is 2.02. The maximum absolute atomic E-state index is 5.29. The smallest absolute Gasteiger partial charge is 0.186 e. The highest BCUT2D eigenvalue weighted by molar-refractivity contribution is 9.10. The van der Waals surface area contributed by atoms with Crippen LogP contribution in [0.5, 0.6) is 0 Å². The van der Waals surface area contributed by atoms with Crippen LogP contribution >= 0.6 is 27.3 Å². The van der Waals surface area contributed by atoms with E-state index < -0.39 is 0 Å². The van der Waals surface area contributed by atoms with E-state index in [2.05, 4.69) is 25.8 Å². The van der Waals surface area contributed by atoms with Gasteiger partial charge in [-0.3, -0.25) is 0 Å². The van der Waals surface area contributed by atoms with Gasteiger partial charge in [-0.05, 0) is 22.4 Å². The van der Waals surface area contributed by atoms with Crippen molar-refractivity contribution in [1.29, 1.82) is 0 Å². The molecule has 0 aromatic carbocycles. The number of methoxy groups -OCH3 is 1. The third-order valence-corrected chi connectivity index (χ3v) is 3.82. The van der Waals surface area contributed by atoms with E-state index in [9.17, 15) is 0 Å². The number of hydrogen-bond acceptors (Lipinski definition) is 4. The molecular weight excluding hydrogens is 252 g/mol. The molecule has 1 saturated heterocycles. The van der Waals surface area contributed by atoms with Crippen LogP contribution in [0.3, 0.4) is 0 Å². The lowest BCUT2D eigenvalue weighted by molar-refractivity contribution is 0.121. The first-order valence-electron chi connectivity index (χ1n) is 4.18. The van der Waals surface area contributed by atoms with Crippen LogP contribution < -0.4 is 4.90 Å². The molecule has 1 aliphatic heterocycles. The van der Waals surface area contributed by atoms with Gasteiger partial charge in [0, 0.05) is 25.6 Å². The minimum atomic E-state index is 0.377. The van der Waals surface area contributed by atoms with Crippen molar-refractivity contribution in [3.05, 3.63) is 9.98 Å². The predicted molar refractivity (Wildman–Crippen MR) is 57.4 cm³/mol. The van der Waals surface area contributed by atoms with Gasteiger partial charge in [-0.1, -0.05) is 0 Å². The summed E-state index contributed by atoms with van der Waals surface area (Å²) in [4.78, 5) is 6.63. The van der Waals surface area contributed by atoms with E-state index in [0.717, 1.165) is 29.2 Å². The van der Waals surface area contributed by atoms with Gasteiger partial charge in [0.1, 0.15) is 4.60 Å². The van der Waals surface area contributed by atoms with E-state index in [-0.39, 0.29) is 0 Å². The Labute approximate surface area is 89.9 Å². The topological polar surface area (TPSA) is 25.4 Å². The van der Waals surface area contributed by atoms with Gasteiger partial charge >= 0.3 is 0 Å². The van der Waals surface area contributed by atoms with Crippen molar-refractivity contribution in [3.8, 4) is 0 Å². The van der Waals surface area contributed by atoms with Gasteiger partial charge < -0.3 is 9.64 Å². The molecule has 0 aliphatic carbocycles. The first kappa shape index (κ1) is 9.43. The Kier molecular flexibility index (Phi) is 2.86. The predicted octanol–water partition coefficient (Wildman–Crippen LogP) is 2.13. The average molecular weight is 263 g/mol. The van der Waals surface area contributed by atoms with Crippen LogP contribution in [0.1, 0.15) is 6.42 Å². The van der Waals surface area contributed by atoms with Gasteiger partial charge in [-0.15, -0.1) is 11.3 Å². The lowest BCUT2D eigenvalue weighted by atomic mass is 10.3. The molecule has 1 atom stereocenters. The Bertz CT molecular complexity index is 291. The van der Waals surface area contributed by atoms with E-state index in [1.807, 2.05) is 5.38 Å². The molecule has 0 spiro atoms. The highest BCUT2D eigenvalue weighted by Crippen LogP contribution is 2.27. The standard InChI is InChI=1S/C8H11BrN2OS/c1-12-6-2-3-11(4-6)8-10-7(9)5-13-8/h5-6H,2-4H2,1H3. The molecule has 0 radical (unpaired) electrons. The molecule has 1 aromatic rings. The van der Waals surface area contributed by atoms with E-state index in [4.69, 9.17) is 4.74 Å². The first-order chi connectivity index (χ1) is 6.29. The third kappa shape index (κ3) is 2.03. The minimum Gasteiger partial charge on any atom is -0.380 e. The molecule has 5 heteroatoms. The Balaban J connectivity index is 2.03. The van der Waals surface area contributed by atoms with Crippen LogP contribution in [0.15, 0.2) is 9.98 Å². The summed E-state index contributed by atoms with van der Waals surface area (Å²) >= 11 is 5.02. The molecule has 2 rings (SSSR count). The first-order valence-corrected chi connectivity index (χ1v) is 5.85. The molecule has 1 aromatic heterocycles. The second-order valence-electron chi connectivity index (χ2n) is 3.05. The van der Waals surface area contributed by atoms with Crippen LogP contribution in [-0.2, 0) is 4.74 Å². The van der Waals surface area contributed by atoms with Gasteiger partial charge in [0.15, 0.2) is 5.13 Å². The number of thiazole rings is 1. The normalized spacial score (nSPS) is 22.6. The Morgan fingerprint density at radius 2 is 2.62 bits per heavy atom. The van der Waals surface area contributed by atoms with Crippen molar-refractivity contribution >= 4 is 32.4 Å². The Morgan fingerprint density at radius 3 is 3.15 bits per heavy atom. The minimum absolute atomic E-state index is 0.377. The molecule has 1 fully saturated rings. The molecule has 0 amide bonds. The number of ether oxygens (including phenoxy) is 1. The van der Waals surface area contributed by atoms with Gasteiger partial charge in [0.2, 0.25) is 0 Å². The van der Waals surface area contributed by atoms with Crippen molar-refractivity contribution in [2.75, 3.05) is 25.1 Å². The van der Waals surface area contributed by atoms with E-state index in [1.165, 1.54) is 0 Å². The largest absolute Gasteiger partial charge is 0.380 e. The fourth-order valence-corrected chi connectivity index (χ4v) is 2.77. The number of rotatable bonds is 2. The second kappa shape index (κ2) is 3.94. The number of anilines is 1. The molecule has 0 N–H and O–H groups in total. The zero-order valence-corrected chi connectivity index (χ0v) is 9.77. The Morgan fingerprint density at radius 1 is 1.77 bits per heavy atom. The molecule has 2 heterocycles. The Hall–Kier alpha value is -0.130. The van der Waals surface area contributed by atoms with E-state index in [0.29, 0.717) is 6.10 Å². The number of aromatic nitrogens is 1. The van der Waals surface area contributed by atoms with Crippen LogP contribution in [0.2, 0.25) is 0 Å². The van der Waals surface area contributed by atoms with Crippen LogP contribution in [0, 0.1) is 0 Å². The van der Waals surface area contributed by atoms with Gasteiger partial charge in [0.05, 0.1) is 6.10 Å². The summed E-state index contributed by atoms with van der Waals surface area (Å²) in [5.41, 5.74) is 0. The summed E-state index contributed by atoms with van der Waals surface area (Å²) in [5, 5.41) is 3.10. The molecule has 0 saturated carbocycles. The maximum atomic E-state index is 5.29. The molecule has 0 bridgehead atoms. The molecule has 3 nitrogen and oxygen atoms in total. The fourth-order valence-electron chi connectivity index (χ4n) is 1.48. The fraction of sp³-hybridized carbons (Fsp3) is 0.625. The van der Waals surface area contributed by atoms with Crippen LogP contribution in [0.25, 0.3) is 0 Å². The summed E-state index contributed by atoms with van der Waals surface area (Å²) in [6.07, 6.45) is 1.48. The van der Waals surface area contributed by atoms with Crippen molar-refractivity contribution < 1.29 is 4.74 Å². The van der Waals surface area contributed by atoms with Gasteiger partial charge in [-0.2, -0.15) is 0 Å². The summed E-state index contributed by atoms with van der Waals surface area (Å²) in [5.74, 6) is 0. The summed E-state index contributed by atoms with van der Waals surface area (Å²) in [6, 6.07) is 0. The molecule has 13 heavy (non-hydrogen) atoms.